The number of rotatable bonds is 8. The van der Waals surface area contributed by atoms with E-state index in [1.165, 1.54) is 6.92 Å². The number of carbonyl (C=O) groups is 3. The molecule has 1 fully saturated rings. The largest absolute Gasteiger partial charge is 0.376 e. The van der Waals surface area contributed by atoms with Crippen molar-refractivity contribution in [2.45, 2.75) is 25.9 Å². The highest BCUT2D eigenvalue weighted by Gasteiger charge is 2.17. The Labute approximate surface area is 175 Å². The lowest BCUT2D eigenvalue weighted by molar-refractivity contribution is -0.115. The molecular weight excluding hydrogens is 384 g/mol. The van der Waals surface area contributed by atoms with Gasteiger partial charge in [-0.25, -0.2) is 0 Å². The number of hydrogen-bond donors (Lipinski definition) is 4. The quantitative estimate of drug-likeness (QED) is 0.535. The van der Waals surface area contributed by atoms with Crippen molar-refractivity contribution in [1.29, 1.82) is 0 Å². The molecule has 4 N–H and O–H groups in total. The fraction of sp³-hybridized carbons (Fsp3) is 0.318. The first-order valence-electron chi connectivity index (χ1n) is 9.91. The Morgan fingerprint density at radius 2 is 1.73 bits per heavy atom. The maximum Gasteiger partial charge on any atom is 0.251 e. The number of benzene rings is 2. The van der Waals surface area contributed by atoms with Crippen molar-refractivity contribution in [3.05, 3.63) is 54.1 Å². The molecule has 0 spiro atoms. The standard InChI is InChI=1S/C22H26N4O4/c1-15(27)25-19-8-3-6-17(12-19)23-14-21(28)26-18-7-2-5-16(11-18)22(29)24-13-20-9-4-10-30-20/h2-3,5-8,11-12,20,23H,4,9-10,13-14H2,1H3,(H,24,29)(H,25,27)(H,26,28). The average Bonchev–Trinajstić information content (AvgIpc) is 3.24. The van der Waals surface area contributed by atoms with E-state index in [0.29, 0.717) is 29.2 Å². The van der Waals surface area contributed by atoms with Gasteiger partial charge in [0.05, 0.1) is 12.6 Å². The number of carbonyl (C=O) groups excluding carboxylic acids is 3. The number of nitrogens with one attached hydrogen (secondary N) is 4. The zero-order chi connectivity index (χ0) is 21.3. The summed E-state index contributed by atoms with van der Waals surface area (Å²) in [5, 5.41) is 11.3. The van der Waals surface area contributed by atoms with E-state index < -0.39 is 0 Å². The second-order valence-electron chi connectivity index (χ2n) is 7.09. The molecule has 8 nitrogen and oxygen atoms in total. The van der Waals surface area contributed by atoms with Gasteiger partial charge in [0.25, 0.3) is 5.91 Å². The van der Waals surface area contributed by atoms with E-state index in [1.807, 2.05) is 0 Å². The Bertz CT molecular complexity index is 910. The first-order chi connectivity index (χ1) is 14.5. The summed E-state index contributed by atoms with van der Waals surface area (Å²) in [5.41, 5.74) is 2.37. The van der Waals surface area contributed by atoms with Gasteiger partial charge in [-0.05, 0) is 49.2 Å². The Morgan fingerprint density at radius 3 is 2.47 bits per heavy atom. The van der Waals surface area contributed by atoms with Gasteiger partial charge in [0.15, 0.2) is 0 Å². The van der Waals surface area contributed by atoms with Gasteiger partial charge in [-0.3, -0.25) is 14.4 Å². The predicted molar refractivity (Wildman–Crippen MR) is 116 cm³/mol. The lowest BCUT2D eigenvalue weighted by atomic mass is 10.1. The molecule has 1 saturated heterocycles. The first-order valence-corrected chi connectivity index (χ1v) is 9.91. The molecule has 1 aliphatic heterocycles. The second-order valence-corrected chi connectivity index (χ2v) is 7.09. The number of amides is 3. The van der Waals surface area contributed by atoms with E-state index in [9.17, 15) is 14.4 Å². The highest BCUT2D eigenvalue weighted by atomic mass is 16.5. The summed E-state index contributed by atoms with van der Waals surface area (Å²) in [5.74, 6) is -0.615. The molecule has 3 rings (SSSR count). The highest BCUT2D eigenvalue weighted by Crippen LogP contribution is 2.16. The Morgan fingerprint density at radius 1 is 1.00 bits per heavy atom. The van der Waals surface area contributed by atoms with Gasteiger partial charge in [-0.2, -0.15) is 0 Å². The number of anilines is 3. The van der Waals surface area contributed by atoms with Crippen molar-refractivity contribution < 1.29 is 19.1 Å². The van der Waals surface area contributed by atoms with Crippen LogP contribution in [0.4, 0.5) is 17.1 Å². The van der Waals surface area contributed by atoms with E-state index in [-0.39, 0.29) is 30.4 Å². The van der Waals surface area contributed by atoms with Crippen LogP contribution in [0.1, 0.15) is 30.1 Å². The fourth-order valence-corrected chi connectivity index (χ4v) is 3.15. The van der Waals surface area contributed by atoms with Gasteiger partial charge in [0.2, 0.25) is 11.8 Å². The minimum Gasteiger partial charge on any atom is -0.376 e. The Balaban J connectivity index is 1.49. The van der Waals surface area contributed by atoms with Crippen molar-refractivity contribution in [2.75, 3.05) is 35.6 Å². The summed E-state index contributed by atoms with van der Waals surface area (Å²) < 4.78 is 5.51. The summed E-state index contributed by atoms with van der Waals surface area (Å²) in [6.45, 7) is 2.70. The third-order valence-electron chi connectivity index (χ3n) is 4.56. The maximum absolute atomic E-state index is 12.3. The zero-order valence-corrected chi connectivity index (χ0v) is 16.9. The molecule has 0 aromatic heterocycles. The van der Waals surface area contributed by atoms with Crippen molar-refractivity contribution in [2.24, 2.45) is 0 Å². The van der Waals surface area contributed by atoms with E-state index in [1.54, 1.807) is 48.5 Å². The monoisotopic (exact) mass is 410 g/mol. The van der Waals surface area contributed by atoms with Crippen LogP contribution in [0.5, 0.6) is 0 Å². The Kier molecular flexibility index (Phi) is 7.40. The minimum atomic E-state index is -0.253. The van der Waals surface area contributed by atoms with Gasteiger partial charge >= 0.3 is 0 Å². The molecule has 1 atom stereocenters. The molecule has 1 aliphatic rings. The molecule has 0 aliphatic carbocycles. The molecule has 1 heterocycles. The fourth-order valence-electron chi connectivity index (χ4n) is 3.15. The summed E-state index contributed by atoms with van der Waals surface area (Å²) >= 11 is 0. The number of hydrogen-bond acceptors (Lipinski definition) is 5. The number of ether oxygens (including phenoxy) is 1. The van der Waals surface area contributed by atoms with Gasteiger partial charge in [0, 0.05) is 42.7 Å². The summed E-state index contributed by atoms with van der Waals surface area (Å²) in [4.78, 5) is 35.8. The van der Waals surface area contributed by atoms with Crippen LogP contribution in [0.25, 0.3) is 0 Å². The Hall–Kier alpha value is -3.39. The van der Waals surface area contributed by atoms with Gasteiger partial charge in [0.1, 0.15) is 0 Å². The normalized spacial score (nSPS) is 15.3. The average molecular weight is 410 g/mol. The van der Waals surface area contributed by atoms with Crippen molar-refractivity contribution in [3.8, 4) is 0 Å². The molecule has 0 radical (unpaired) electrons. The lowest BCUT2D eigenvalue weighted by Gasteiger charge is -2.12. The summed E-state index contributed by atoms with van der Waals surface area (Å²) in [6, 6.07) is 13.9. The highest BCUT2D eigenvalue weighted by molar-refractivity contribution is 5.98. The molecule has 0 saturated carbocycles. The van der Waals surface area contributed by atoms with E-state index in [2.05, 4.69) is 21.3 Å². The van der Waals surface area contributed by atoms with Crippen LogP contribution in [0, 0.1) is 0 Å². The van der Waals surface area contributed by atoms with Crippen LogP contribution in [0.2, 0.25) is 0 Å². The van der Waals surface area contributed by atoms with Crippen molar-refractivity contribution in [3.63, 3.8) is 0 Å². The third kappa shape index (κ3) is 6.59. The molecule has 30 heavy (non-hydrogen) atoms. The van der Waals surface area contributed by atoms with Crippen LogP contribution >= 0.6 is 0 Å². The van der Waals surface area contributed by atoms with Crippen LogP contribution < -0.4 is 21.3 Å². The summed E-state index contributed by atoms with van der Waals surface area (Å²) in [6.07, 6.45) is 2.05. The molecule has 2 aromatic carbocycles. The molecule has 0 bridgehead atoms. The predicted octanol–water partition coefficient (Wildman–Crippen LogP) is 2.60. The van der Waals surface area contributed by atoms with Crippen molar-refractivity contribution >= 4 is 34.8 Å². The van der Waals surface area contributed by atoms with Gasteiger partial charge in [-0.15, -0.1) is 0 Å². The van der Waals surface area contributed by atoms with Gasteiger partial charge < -0.3 is 26.0 Å². The van der Waals surface area contributed by atoms with Crippen LogP contribution in [0.3, 0.4) is 0 Å². The second kappa shape index (κ2) is 10.4. The maximum atomic E-state index is 12.3. The van der Waals surface area contributed by atoms with Crippen LogP contribution in [-0.4, -0.2) is 43.5 Å². The van der Waals surface area contributed by atoms with E-state index in [0.717, 1.165) is 19.4 Å². The first kappa shape index (κ1) is 21.3. The van der Waals surface area contributed by atoms with Crippen molar-refractivity contribution in [1.82, 2.24) is 5.32 Å². The SMILES string of the molecule is CC(=O)Nc1cccc(NCC(=O)Nc2cccc(C(=O)NCC3CCCO3)c2)c1. The van der Waals surface area contributed by atoms with Crippen LogP contribution in [0.15, 0.2) is 48.5 Å². The van der Waals surface area contributed by atoms with Crippen LogP contribution in [-0.2, 0) is 14.3 Å². The molecule has 1 unspecified atom stereocenters. The van der Waals surface area contributed by atoms with E-state index in [4.69, 9.17) is 4.74 Å². The molecule has 8 heteroatoms. The third-order valence-corrected chi connectivity index (χ3v) is 4.56. The lowest BCUT2D eigenvalue weighted by Crippen LogP contribution is -2.31. The summed E-state index contributed by atoms with van der Waals surface area (Å²) in [7, 11) is 0. The molecule has 2 aromatic rings. The van der Waals surface area contributed by atoms with E-state index >= 15 is 0 Å². The smallest absolute Gasteiger partial charge is 0.251 e. The molecule has 158 valence electrons. The molecular formula is C22H26N4O4. The minimum absolute atomic E-state index is 0.0406. The zero-order valence-electron chi connectivity index (χ0n) is 16.9. The topological polar surface area (TPSA) is 109 Å². The molecule has 3 amide bonds. The van der Waals surface area contributed by atoms with Gasteiger partial charge in [-0.1, -0.05) is 12.1 Å².